The summed E-state index contributed by atoms with van der Waals surface area (Å²) in [7, 11) is 1.66. The summed E-state index contributed by atoms with van der Waals surface area (Å²) in [5, 5.41) is 19.3. The van der Waals surface area contributed by atoms with Crippen molar-refractivity contribution in [2.45, 2.75) is 18.4 Å². The summed E-state index contributed by atoms with van der Waals surface area (Å²) in [5.41, 5.74) is 0.201. The molecule has 2 N–H and O–H groups in total. The number of nitrogens with zero attached hydrogens (tertiary/aromatic N) is 1. The molecule has 0 saturated carbocycles. The van der Waals surface area contributed by atoms with E-state index in [-0.39, 0.29) is 6.61 Å². The van der Waals surface area contributed by atoms with E-state index in [9.17, 15) is 10.2 Å². The van der Waals surface area contributed by atoms with Gasteiger partial charge in [0, 0.05) is 13.1 Å². The highest BCUT2D eigenvalue weighted by molar-refractivity contribution is 5.50. The van der Waals surface area contributed by atoms with Gasteiger partial charge in [-0.25, -0.2) is 0 Å². The first-order chi connectivity index (χ1) is 9.65. The number of piperidine rings is 1. The minimum atomic E-state index is -0.924. The smallest absolute Gasteiger partial charge is 0.118 e. The largest absolute Gasteiger partial charge is 0.497 e. The van der Waals surface area contributed by atoms with Crippen molar-refractivity contribution in [1.82, 2.24) is 4.90 Å². The molecule has 0 aliphatic carbocycles. The monoisotopic (exact) mass is 277 g/mol. The molecule has 110 valence electrons. The molecular weight excluding hydrogens is 254 g/mol. The van der Waals surface area contributed by atoms with Gasteiger partial charge in [-0.15, -0.1) is 0 Å². The van der Waals surface area contributed by atoms with Crippen LogP contribution >= 0.6 is 0 Å². The molecule has 0 aromatic heterocycles. The van der Waals surface area contributed by atoms with Crippen LogP contribution in [0.25, 0.3) is 6.08 Å². The maximum Gasteiger partial charge on any atom is 0.118 e. The molecule has 0 unspecified atom stereocenters. The topological polar surface area (TPSA) is 52.9 Å². The zero-order chi connectivity index (χ0) is 14.4. The van der Waals surface area contributed by atoms with Crippen LogP contribution in [0, 0.1) is 0 Å². The zero-order valence-corrected chi connectivity index (χ0v) is 12.0. The van der Waals surface area contributed by atoms with Gasteiger partial charge in [0.05, 0.1) is 13.7 Å². The van der Waals surface area contributed by atoms with E-state index in [1.807, 2.05) is 24.3 Å². The van der Waals surface area contributed by atoms with Crippen LogP contribution in [0.1, 0.15) is 18.4 Å². The predicted octanol–water partition coefficient (Wildman–Crippen LogP) is 1.53. The number of rotatable bonds is 5. The molecule has 1 atom stereocenters. The number of hydrogen-bond donors (Lipinski definition) is 2. The average Bonchev–Trinajstić information content (AvgIpc) is 2.48. The molecule has 1 aromatic carbocycles. The fraction of sp³-hybridized carbons (Fsp3) is 0.500. The van der Waals surface area contributed by atoms with Gasteiger partial charge in [-0.3, -0.25) is 4.90 Å². The van der Waals surface area contributed by atoms with Crippen molar-refractivity contribution in [3.05, 3.63) is 35.9 Å². The summed E-state index contributed by atoms with van der Waals surface area (Å²) < 4.78 is 5.12. The molecular formula is C16H23NO3. The lowest BCUT2D eigenvalue weighted by molar-refractivity contribution is -0.0643. The Morgan fingerprint density at radius 2 is 2.10 bits per heavy atom. The summed E-state index contributed by atoms with van der Waals surface area (Å²) in [5.74, 6) is 0.853. The van der Waals surface area contributed by atoms with Gasteiger partial charge in [-0.1, -0.05) is 24.3 Å². The Morgan fingerprint density at radius 3 is 2.75 bits per heavy atom. The Labute approximate surface area is 120 Å². The lowest BCUT2D eigenvalue weighted by Gasteiger charge is -2.37. The van der Waals surface area contributed by atoms with Crippen LogP contribution in [0.3, 0.4) is 0 Å². The lowest BCUT2D eigenvalue weighted by atomic mass is 9.94. The maximum absolute atomic E-state index is 10.1. The molecule has 0 spiro atoms. The number of benzene rings is 1. The summed E-state index contributed by atoms with van der Waals surface area (Å²) in [6.07, 6.45) is 5.76. The van der Waals surface area contributed by atoms with Crippen molar-refractivity contribution in [2.24, 2.45) is 0 Å². The zero-order valence-electron chi connectivity index (χ0n) is 12.0. The highest BCUT2D eigenvalue weighted by atomic mass is 16.5. The van der Waals surface area contributed by atoms with Gasteiger partial charge >= 0.3 is 0 Å². The number of methoxy groups -OCH3 is 1. The van der Waals surface area contributed by atoms with Gasteiger partial charge in [0.15, 0.2) is 0 Å². The number of ether oxygens (including phenoxy) is 1. The van der Waals surface area contributed by atoms with Crippen molar-refractivity contribution in [1.29, 1.82) is 0 Å². The molecule has 1 heterocycles. The van der Waals surface area contributed by atoms with E-state index in [0.717, 1.165) is 30.8 Å². The molecule has 20 heavy (non-hydrogen) atoms. The first-order valence-electron chi connectivity index (χ1n) is 7.01. The van der Waals surface area contributed by atoms with Crippen LogP contribution in [-0.2, 0) is 0 Å². The molecule has 1 aliphatic rings. The number of likely N-dealkylation sites (tertiary alicyclic amines) is 1. The molecule has 1 aromatic rings. The summed E-state index contributed by atoms with van der Waals surface area (Å²) in [6, 6.07) is 7.89. The van der Waals surface area contributed by atoms with Crippen molar-refractivity contribution in [3.8, 4) is 5.75 Å². The van der Waals surface area contributed by atoms with Crippen LogP contribution in [-0.4, -0.2) is 54.1 Å². The molecule has 1 fully saturated rings. The third-order valence-electron chi connectivity index (χ3n) is 3.72. The molecule has 4 nitrogen and oxygen atoms in total. The van der Waals surface area contributed by atoms with Crippen LogP contribution in [0.2, 0.25) is 0 Å². The molecule has 1 saturated heterocycles. The highest BCUT2D eigenvalue weighted by Gasteiger charge is 2.31. The van der Waals surface area contributed by atoms with Gasteiger partial charge in [0.25, 0.3) is 0 Å². The fourth-order valence-corrected chi connectivity index (χ4v) is 2.54. The summed E-state index contributed by atoms with van der Waals surface area (Å²) in [4.78, 5) is 2.17. The molecule has 0 bridgehead atoms. The van der Waals surface area contributed by atoms with Crippen molar-refractivity contribution < 1.29 is 14.9 Å². The SMILES string of the molecule is COc1ccc(/C=C/CN2CCC[C@@](O)(CO)C2)cc1. The third kappa shape index (κ3) is 4.07. The minimum Gasteiger partial charge on any atom is -0.497 e. The van der Waals surface area contributed by atoms with Gasteiger partial charge in [-0.2, -0.15) is 0 Å². The fourth-order valence-electron chi connectivity index (χ4n) is 2.54. The molecule has 4 heteroatoms. The molecule has 0 amide bonds. The molecule has 0 radical (unpaired) electrons. The van der Waals surface area contributed by atoms with E-state index in [4.69, 9.17) is 4.74 Å². The van der Waals surface area contributed by atoms with E-state index in [1.165, 1.54) is 0 Å². The average molecular weight is 277 g/mol. The molecule has 2 rings (SSSR count). The van der Waals surface area contributed by atoms with Crippen LogP contribution in [0.5, 0.6) is 5.75 Å². The summed E-state index contributed by atoms with van der Waals surface area (Å²) >= 11 is 0. The van der Waals surface area contributed by atoms with Crippen LogP contribution in [0.4, 0.5) is 0 Å². The lowest BCUT2D eigenvalue weighted by Crippen LogP contribution is -2.50. The Hall–Kier alpha value is -1.36. The van der Waals surface area contributed by atoms with Crippen LogP contribution in [0.15, 0.2) is 30.3 Å². The minimum absolute atomic E-state index is 0.161. The second-order valence-electron chi connectivity index (χ2n) is 5.40. The van der Waals surface area contributed by atoms with Gasteiger partial charge < -0.3 is 14.9 Å². The van der Waals surface area contributed by atoms with Gasteiger partial charge in [0.2, 0.25) is 0 Å². The van der Waals surface area contributed by atoms with E-state index >= 15 is 0 Å². The number of aliphatic hydroxyl groups is 2. The standard InChI is InChI=1S/C16H23NO3/c1-20-15-7-5-14(6-8-15)4-2-10-17-11-3-9-16(19,12-17)13-18/h2,4-8,18-19H,3,9-13H2,1H3/b4-2+/t16-/m0/s1. The Kier molecular flexibility index (Phi) is 5.17. The Morgan fingerprint density at radius 1 is 1.35 bits per heavy atom. The van der Waals surface area contributed by atoms with Crippen LogP contribution < -0.4 is 4.74 Å². The molecule has 1 aliphatic heterocycles. The first kappa shape index (κ1) is 15.0. The Bertz CT molecular complexity index is 444. The van der Waals surface area contributed by atoms with Crippen molar-refractivity contribution >= 4 is 6.08 Å². The van der Waals surface area contributed by atoms with E-state index in [2.05, 4.69) is 17.1 Å². The van der Waals surface area contributed by atoms with Crippen molar-refractivity contribution in [2.75, 3.05) is 33.4 Å². The van der Waals surface area contributed by atoms with E-state index in [1.54, 1.807) is 7.11 Å². The second kappa shape index (κ2) is 6.88. The third-order valence-corrected chi connectivity index (χ3v) is 3.72. The number of aliphatic hydroxyl groups excluding tert-OH is 1. The number of β-amino-alcohol motifs (C(OH)–C–C–N with tert-alkyl or cyclic N) is 1. The van der Waals surface area contributed by atoms with Crippen molar-refractivity contribution in [3.63, 3.8) is 0 Å². The van der Waals surface area contributed by atoms with Gasteiger partial charge in [0.1, 0.15) is 11.4 Å². The van der Waals surface area contributed by atoms with E-state index < -0.39 is 5.60 Å². The predicted molar refractivity (Wildman–Crippen MR) is 79.7 cm³/mol. The second-order valence-corrected chi connectivity index (χ2v) is 5.40. The van der Waals surface area contributed by atoms with E-state index in [0.29, 0.717) is 13.0 Å². The quantitative estimate of drug-likeness (QED) is 0.857. The first-order valence-corrected chi connectivity index (χ1v) is 7.01. The maximum atomic E-state index is 10.1. The highest BCUT2D eigenvalue weighted by Crippen LogP contribution is 2.20. The summed E-state index contributed by atoms with van der Waals surface area (Å²) in [6.45, 7) is 2.13. The van der Waals surface area contributed by atoms with Gasteiger partial charge in [-0.05, 0) is 37.1 Å². The normalized spacial score (nSPS) is 24.1. The number of hydrogen-bond acceptors (Lipinski definition) is 4. The Balaban J connectivity index is 1.86.